The highest BCUT2D eigenvalue weighted by molar-refractivity contribution is 5.92. The second-order valence-electron chi connectivity index (χ2n) is 8.82. The van der Waals surface area contributed by atoms with Gasteiger partial charge in [0, 0.05) is 26.2 Å². The molecule has 3 aromatic rings. The molecule has 8 nitrogen and oxygen atoms in total. The van der Waals surface area contributed by atoms with E-state index in [9.17, 15) is 19.5 Å². The molecule has 36 heavy (non-hydrogen) atoms. The van der Waals surface area contributed by atoms with Crippen LogP contribution in [0, 0.1) is 0 Å². The van der Waals surface area contributed by atoms with Gasteiger partial charge in [0.25, 0.3) is 0 Å². The summed E-state index contributed by atoms with van der Waals surface area (Å²) in [6.07, 6.45) is 0.260. The van der Waals surface area contributed by atoms with Gasteiger partial charge in [0.05, 0.1) is 13.0 Å². The molecular formula is C28H31N3O5. The highest BCUT2D eigenvalue weighted by Gasteiger charge is 2.28. The van der Waals surface area contributed by atoms with Crippen LogP contribution in [0.4, 0.5) is 4.79 Å². The van der Waals surface area contributed by atoms with Crippen LogP contribution in [0.15, 0.2) is 72.8 Å². The molecule has 8 heteroatoms. The Bertz CT molecular complexity index is 1190. The molecule has 0 aliphatic carbocycles. The number of aliphatic hydroxyl groups excluding tert-OH is 1. The fourth-order valence-electron chi connectivity index (χ4n) is 4.40. The Kier molecular flexibility index (Phi) is 8.52. The summed E-state index contributed by atoms with van der Waals surface area (Å²) in [5.74, 6) is -0.692. The van der Waals surface area contributed by atoms with Gasteiger partial charge in [-0.2, -0.15) is 0 Å². The minimum Gasteiger partial charge on any atom is -0.445 e. The number of hydrogen-bond donors (Lipinski definition) is 2. The fraction of sp³-hybridized carbons (Fsp3) is 0.321. The third-order valence-electron chi connectivity index (χ3n) is 6.32. The fourth-order valence-corrected chi connectivity index (χ4v) is 4.40. The van der Waals surface area contributed by atoms with Crippen molar-refractivity contribution in [3.63, 3.8) is 0 Å². The van der Waals surface area contributed by atoms with Gasteiger partial charge in [0.2, 0.25) is 11.8 Å². The molecule has 1 aliphatic rings. The smallest absolute Gasteiger partial charge is 0.410 e. The maximum atomic E-state index is 13.1. The Hall–Kier alpha value is -3.91. The zero-order chi connectivity index (χ0) is 25.3. The first-order chi connectivity index (χ1) is 17.5. The molecule has 0 radical (unpaired) electrons. The number of nitrogens with one attached hydrogen (secondary N) is 1. The number of ether oxygens (including phenoxy) is 1. The lowest BCUT2D eigenvalue weighted by Gasteiger charge is -2.26. The number of benzene rings is 3. The Labute approximate surface area is 210 Å². The van der Waals surface area contributed by atoms with Crippen molar-refractivity contribution in [2.75, 3.05) is 32.8 Å². The van der Waals surface area contributed by atoms with Crippen molar-refractivity contribution in [1.82, 2.24) is 15.1 Å². The van der Waals surface area contributed by atoms with Gasteiger partial charge in [-0.25, -0.2) is 4.79 Å². The van der Waals surface area contributed by atoms with Crippen LogP contribution < -0.4 is 5.32 Å². The third kappa shape index (κ3) is 6.40. The summed E-state index contributed by atoms with van der Waals surface area (Å²) in [4.78, 5) is 41.5. The maximum Gasteiger partial charge on any atom is 0.410 e. The highest BCUT2D eigenvalue weighted by atomic mass is 16.6. The van der Waals surface area contributed by atoms with Gasteiger partial charge < -0.3 is 25.0 Å². The molecule has 0 saturated carbocycles. The largest absolute Gasteiger partial charge is 0.445 e. The Balaban J connectivity index is 1.30. The molecular weight excluding hydrogens is 458 g/mol. The van der Waals surface area contributed by atoms with E-state index in [0.717, 1.165) is 21.9 Å². The molecule has 0 spiro atoms. The van der Waals surface area contributed by atoms with Gasteiger partial charge in [-0.1, -0.05) is 72.8 Å². The summed E-state index contributed by atoms with van der Waals surface area (Å²) in [5.41, 5.74) is 1.76. The molecule has 1 heterocycles. The van der Waals surface area contributed by atoms with Crippen molar-refractivity contribution in [2.45, 2.75) is 25.5 Å². The maximum absolute atomic E-state index is 13.1. The lowest BCUT2D eigenvalue weighted by molar-refractivity contribution is -0.137. The molecule has 0 bridgehead atoms. The zero-order valence-electron chi connectivity index (χ0n) is 20.1. The topological polar surface area (TPSA) is 99.2 Å². The van der Waals surface area contributed by atoms with E-state index >= 15 is 0 Å². The average molecular weight is 490 g/mol. The van der Waals surface area contributed by atoms with Crippen LogP contribution in [0.25, 0.3) is 10.8 Å². The molecule has 1 unspecified atom stereocenters. The number of carbonyl (C=O) groups is 3. The monoisotopic (exact) mass is 489 g/mol. The van der Waals surface area contributed by atoms with E-state index in [4.69, 9.17) is 4.74 Å². The molecule has 1 aliphatic heterocycles. The van der Waals surface area contributed by atoms with Crippen molar-refractivity contribution in [3.05, 3.63) is 83.9 Å². The molecule has 1 atom stereocenters. The number of rotatable bonds is 7. The van der Waals surface area contributed by atoms with Crippen LogP contribution in [-0.2, 0) is 27.4 Å². The number of carbonyl (C=O) groups excluding carboxylic acids is 3. The number of aliphatic hydroxyl groups is 1. The van der Waals surface area contributed by atoms with Gasteiger partial charge in [-0.15, -0.1) is 0 Å². The lowest BCUT2D eigenvalue weighted by atomic mass is 10.0. The van der Waals surface area contributed by atoms with Crippen LogP contribution in [0.1, 0.15) is 17.5 Å². The van der Waals surface area contributed by atoms with Gasteiger partial charge in [-0.3, -0.25) is 9.59 Å². The Morgan fingerprint density at radius 3 is 2.36 bits per heavy atom. The molecule has 0 aromatic heterocycles. The molecule has 1 saturated heterocycles. The van der Waals surface area contributed by atoms with E-state index in [1.54, 1.807) is 9.80 Å². The summed E-state index contributed by atoms with van der Waals surface area (Å²) >= 11 is 0. The molecule has 188 valence electrons. The summed E-state index contributed by atoms with van der Waals surface area (Å²) in [7, 11) is 0. The van der Waals surface area contributed by atoms with Crippen molar-refractivity contribution < 1.29 is 24.2 Å². The normalized spacial score (nSPS) is 14.7. The van der Waals surface area contributed by atoms with E-state index < -0.39 is 18.7 Å². The van der Waals surface area contributed by atoms with E-state index in [2.05, 4.69) is 5.32 Å². The van der Waals surface area contributed by atoms with E-state index in [1.807, 2.05) is 72.8 Å². The van der Waals surface area contributed by atoms with E-state index in [0.29, 0.717) is 32.6 Å². The van der Waals surface area contributed by atoms with Crippen molar-refractivity contribution in [1.29, 1.82) is 0 Å². The Morgan fingerprint density at radius 1 is 0.861 bits per heavy atom. The predicted octanol–water partition coefficient (Wildman–Crippen LogP) is 2.73. The minimum atomic E-state index is -1.04. The SMILES string of the molecule is O=C(Cc1cccc2ccccc12)NC(CO)C(=O)N1CCCN(C(=O)OCc2ccccc2)CC1. The summed E-state index contributed by atoms with van der Waals surface area (Å²) in [6.45, 7) is 1.20. The number of fused-ring (bicyclic) bond motifs is 1. The lowest BCUT2D eigenvalue weighted by Crippen LogP contribution is -2.51. The summed E-state index contributed by atoms with van der Waals surface area (Å²) < 4.78 is 5.41. The van der Waals surface area contributed by atoms with Crippen LogP contribution in [0.3, 0.4) is 0 Å². The molecule has 3 aromatic carbocycles. The summed E-state index contributed by atoms with van der Waals surface area (Å²) in [5, 5.41) is 14.6. The minimum absolute atomic E-state index is 0.103. The van der Waals surface area contributed by atoms with Crippen LogP contribution in [0.2, 0.25) is 0 Å². The molecule has 4 rings (SSSR count). The molecule has 2 N–H and O–H groups in total. The van der Waals surface area contributed by atoms with Gasteiger partial charge in [0.1, 0.15) is 12.6 Å². The molecule has 1 fully saturated rings. The number of hydrogen-bond acceptors (Lipinski definition) is 5. The van der Waals surface area contributed by atoms with Crippen molar-refractivity contribution in [3.8, 4) is 0 Å². The first kappa shape index (κ1) is 25.2. The van der Waals surface area contributed by atoms with Crippen molar-refractivity contribution >= 4 is 28.7 Å². The standard InChI is InChI=1S/C28H31N3O5/c32-19-25(29-26(33)18-23-12-6-11-22-10-4-5-13-24(22)23)27(34)30-14-7-15-31(17-16-30)28(35)36-20-21-8-2-1-3-9-21/h1-6,8-13,25,32H,7,14-20H2,(H,29,33). The van der Waals surface area contributed by atoms with Crippen LogP contribution in [-0.4, -0.2) is 71.6 Å². The average Bonchev–Trinajstić information content (AvgIpc) is 3.17. The van der Waals surface area contributed by atoms with Crippen LogP contribution in [0.5, 0.6) is 0 Å². The highest BCUT2D eigenvalue weighted by Crippen LogP contribution is 2.19. The second-order valence-corrected chi connectivity index (χ2v) is 8.82. The van der Waals surface area contributed by atoms with Crippen LogP contribution >= 0.6 is 0 Å². The van der Waals surface area contributed by atoms with Crippen molar-refractivity contribution in [2.24, 2.45) is 0 Å². The number of amides is 3. The van der Waals surface area contributed by atoms with Gasteiger partial charge in [0.15, 0.2) is 0 Å². The second kappa shape index (κ2) is 12.2. The summed E-state index contributed by atoms with van der Waals surface area (Å²) in [6, 6.07) is 22.0. The number of nitrogens with zero attached hydrogens (tertiary/aromatic N) is 2. The molecule has 3 amide bonds. The first-order valence-electron chi connectivity index (χ1n) is 12.2. The zero-order valence-corrected chi connectivity index (χ0v) is 20.1. The first-order valence-corrected chi connectivity index (χ1v) is 12.2. The van der Waals surface area contributed by atoms with E-state index in [1.165, 1.54) is 0 Å². The van der Waals surface area contributed by atoms with Gasteiger partial charge in [-0.05, 0) is 28.3 Å². The van der Waals surface area contributed by atoms with E-state index in [-0.39, 0.29) is 24.8 Å². The quantitative estimate of drug-likeness (QED) is 0.532. The Morgan fingerprint density at radius 2 is 1.56 bits per heavy atom. The predicted molar refractivity (Wildman–Crippen MR) is 136 cm³/mol. The van der Waals surface area contributed by atoms with Gasteiger partial charge >= 0.3 is 6.09 Å². The third-order valence-corrected chi connectivity index (χ3v) is 6.32.